The van der Waals surface area contributed by atoms with E-state index in [4.69, 9.17) is 20.8 Å². The summed E-state index contributed by atoms with van der Waals surface area (Å²) in [7, 11) is 0. The topological polar surface area (TPSA) is 97.6 Å². The van der Waals surface area contributed by atoms with Crippen molar-refractivity contribution in [3.63, 3.8) is 0 Å². The normalized spacial score (nSPS) is 12.8. The summed E-state index contributed by atoms with van der Waals surface area (Å²) >= 11 is 5.63. The summed E-state index contributed by atoms with van der Waals surface area (Å²) in [5.74, 6) is -2.60. The van der Waals surface area contributed by atoms with Crippen LogP contribution in [-0.2, 0) is 14.3 Å². The van der Waals surface area contributed by atoms with Crippen LogP contribution >= 0.6 is 11.6 Å². The Morgan fingerprint density at radius 2 is 1.96 bits per heavy atom. The van der Waals surface area contributed by atoms with Crippen LogP contribution in [0.2, 0.25) is 5.02 Å². The molecule has 0 aliphatic rings. The number of rotatable bonds is 6. The Labute approximate surface area is 153 Å². The molecule has 0 unspecified atom stereocenters. The van der Waals surface area contributed by atoms with E-state index in [-0.39, 0.29) is 16.5 Å². The molecule has 0 aliphatic carbocycles. The second-order valence-corrected chi connectivity index (χ2v) is 5.78. The van der Waals surface area contributed by atoms with Crippen molar-refractivity contribution in [1.82, 2.24) is 5.32 Å². The molecule has 2 rings (SSSR count). The van der Waals surface area contributed by atoms with Crippen molar-refractivity contribution in [3.8, 4) is 0 Å². The van der Waals surface area contributed by atoms with E-state index in [1.807, 2.05) is 0 Å². The number of halogens is 2. The number of benzene rings is 1. The summed E-state index contributed by atoms with van der Waals surface area (Å²) in [5, 5.41) is 4.69. The van der Waals surface area contributed by atoms with E-state index in [0.717, 1.165) is 6.07 Å². The fraction of sp³-hybridized carbons (Fsp3) is 0.235. The fourth-order valence-corrected chi connectivity index (χ4v) is 2.06. The van der Waals surface area contributed by atoms with Gasteiger partial charge in [0.25, 0.3) is 11.8 Å². The summed E-state index contributed by atoms with van der Waals surface area (Å²) in [6.45, 7) is 2.77. The van der Waals surface area contributed by atoms with Crippen LogP contribution in [0.3, 0.4) is 0 Å². The molecule has 26 heavy (non-hydrogen) atoms. The molecule has 1 aromatic carbocycles. The highest BCUT2D eigenvalue weighted by atomic mass is 35.5. The maximum atomic E-state index is 13.1. The predicted octanol–water partition coefficient (Wildman–Crippen LogP) is 2.76. The van der Waals surface area contributed by atoms with Crippen LogP contribution in [-0.4, -0.2) is 29.9 Å². The van der Waals surface area contributed by atoms with Crippen LogP contribution < -0.4 is 10.6 Å². The van der Waals surface area contributed by atoms with Crippen molar-refractivity contribution in [2.45, 2.75) is 26.0 Å². The molecule has 9 heteroatoms. The largest absolute Gasteiger partial charge is 0.459 e. The average Bonchev–Trinajstić information content (AvgIpc) is 3.12. The Balaban J connectivity index is 1.87. The summed E-state index contributed by atoms with van der Waals surface area (Å²) in [5.41, 5.74) is 0.253. The number of carbonyl (C=O) groups is 3. The van der Waals surface area contributed by atoms with Crippen molar-refractivity contribution in [3.05, 3.63) is 53.2 Å². The molecule has 0 saturated carbocycles. The number of furan rings is 1. The molecule has 0 aliphatic heterocycles. The van der Waals surface area contributed by atoms with Crippen LogP contribution in [0.25, 0.3) is 0 Å². The van der Waals surface area contributed by atoms with E-state index in [9.17, 15) is 18.8 Å². The monoisotopic (exact) mass is 382 g/mol. The number of ether oxygens (including phenoxy) is 1. The van der Waals surface area contributed by atoms with E-state index in [0.29, 0.717) is 0 Å². The zero-order valence-electron chi connectivity index (χ0n) is 13.9. The Bertz CT molecular complexity index is 809. The molecule has 0 spiro atoms. The third-order valence-electron chi connectivity index (χ3n) is 3.30. The summed E-state index contributed by atoms with van der Waals surface area (Å²) in [4.78, 5) is 35.8. The number of amides is 2. The van der Waals surface area contributed by atoms with Crippen molar-refractivity contribution < 1.29 is 27.9 Å². The first-order valence-electron chi connectivity index (χ1n) is 7.58. The number of anilines is 1. The smallest absolute Gasteiger partial charge is 0.329 e. The fourth-order valence-electron chi connectivity index (χ4n) is 1.88. The standard InChI is InChI=1S/C17H16ClFN2O5/c1-9(20-16(23)14-4-3-7-25-14)17(24)26-10(2)15(22)21-11-5-6-13(19)12(18)8-11/h3-10H,1-2H3,(H,20,23)(H,21,22)/t9-,10-/m0/s1. The highest BCUT2D eigenvalue weighted by molar-refractivity contribution is 6.31. The number of hydrogen-bond donors (Lipinski definition) is 2. The van der Waals surface area contributed by atoms with Gasteiger partial charge in [-0.2, -0.15) is 0 Å². The third-order valence-corrected chi connectivity index (χ3v) is 3.59. The molecule has 138 valence electrons. The van der Waals surface area contributed by atoms with Gasteiger partial charge in [-0.25, -0.2) is 9.18 Å². The van der Waals surface area contributed by atoms with E-state index in [1.54, 1.807) is 0 Å². The lowest BCUT2D eigenvalue weighted by Gasteiger charge is -2.17. The first-order valence-corrected chi connectivity index (χ1v) is 7.96. The minimum atomic E-state index is -1.14. The van der Waals surface area contributed by atoms with Crippen LogP contribution in [0.1, 0.15) is 24.4 Å². The van der Waals surface area contributed by atoms with Crippen molar-refractivity contribution in [1.29, 1.82) is 0 Å². The molecule has 2 aromatic rings. The number of esters is 1. The average molecular weight is 383 g/mol. The van der Waals surface area contributed by atoms with E-state index in [2.05, 4.69) is 10.6 Å². The zero-order valence-corrected chi connectivity index (χ0v) is 14.7. The zero-order chi connectivity index (χ0) is 19.3. The lowest BCUT2D eigenvalue weighted by atomic mass is 10.2. The van der Waals surface area contributed by atoms with Crippen LogP contribution in [0.15, 0.2) is 41.0 Å². The molecule has 2 amide bonds. The second kappa shape index (κ2) is 8.48. The van der Waals surface area contributed by atoms with Crippen molar-refractivity contribution in [2.24, 2.45) is 0 Å². The third kappa shape index (κ3) is 5.06. The highest BCUT2D eigenvalue weighted by Gasteiger charge is 2.24. The first kappa shape index (κ1) is 19.5. The van der Waals surface area contributed by atoms with E-state index < -0.39 is 35.7 Å². The van der Waals surface area contributed by atoms with E-state index >= 15 is 0 Å². The Morgan fingerprint density at radius 3 is 2.58 bits per heavy atom. The van der Waals surface area contributed by atoms with Crippen LogP contribution in [0, 0.1) is 5.82 Å². The molecule has 0 radical (unpaired) electrons. The SMILES string of the molecule is C[C@H](NC(=O)c1ccco1)C(=O)O[C@@H](C)C(=O)Nc1ccc(F)c(Cl)c1. The molecule has 1 aromatic heterocycles. The Kier molecular flexibility index (Phi) is 6.35. The van der Waals surface area contributed by atoms with Crippen molar-refractivity contribution >= 4 is 35.1 Å². The molecular formula is C17H16ClFN2O5. The highest BCUT2D eigenvalue weighted by Crippen LogP contribution is 2.19. The van der Waals surface area contributed by atoms with Gasteiger partial charge in [-0.05, 0) is 44.2 Å². The van der Waals surface area contributed by atoms with Gasteiger partial charge in [0.05, 0.1) is 11.3 Å². The maximum Gasteiger partial charge on any atom is 0.329 e. The number of hydrogen-bond acceptors (Lipinski definition) is 5. The summed E-state index contributed by atoms with van der Waals surface area (Å²) in [6, 6.07) is 5.63. The molecule has 0 fully saturated rings. The summed E-state index contributed by atoms with van der Waals surface area (Å²) in [6.07, 6.45) is 0.181. The van der Waals surface area contributed by atoms with Gasteiger partial charge in [0.15, 0.2) is 11.9 Å². The maximum absolute atomic E-state index is 13.1. The van der Waals surface area contributed by atoms with Gasteiger partial charge in [0.2, 0.25) is 0 Å². The Morgan fingerprint density at radius 1 is 1.23 bits per heavy atom. The second-order valence-electron chi connectivity index (χ2n) is 5.37. The molecule has 2 N–H and O–H groups in total. The van der Waals surface area contributed by atoms with Crippen LogP contribution in [0.5, 0.6) is 0 Å². The van der Waals surface area contributed by atoms with E-state index in [1.165, 1.54) is 44.4 Å². The Hall–Kier alpha value is -2.87. The van der Waals surface area contributed by atoms with Crippen LogP contribution in [0.4, 0.5) is 10.1 Å². The molecule has 0 bridgehead atoms. The lowest BCUT2D eigenvalue weighted by molar-refractivity contribution is -0.154. The quantitative estimate of drug-likeness (QED) is 0.749. The first-order chi connectivity index (χ1) is 12.3. The van der Waals surface area contributed by atoms with Gasteiger partial charge < -0.3 is 19.8 Å². The van der Waals surface area contributed by atoms with Gasteiger partial charge in [-0.3, -0.25) is 9.59 Å². The molecule has 0 saturated heterocycles. The lowest BCUT2D eigenvalue weighted by Crippen LogP contribution is -2.42. The molecular weight excluding hydrogens is 367 g/mol. The van der Waals surface area contributed by atoms with Crippen molar-refractivity contribution in [2.75, 3.05) is 5.32 Å². The number of carbonyl (C=O) groups excluding carboxylic acids is 3. The molecule has 2 atom stereocenters. The minimum Gasteiger partial charge on any atom is -0.459 e. The molecule has 1 heterocycles. The summed E-state index contributed by atoms with van der Waals surface area (Å²) < 4.78 is 23.0. The minimum absolute atomic E-state index is 0.0450. The predicted molar refractivity (Wildman–Crippen MR) is 91.2 cm³/mol. The number of nitrogens with one attached hydrogen (secondary N) is 2. The van der Waals surface area contributed by atoms with Gasteiger partial charge >= 0.3 is 5.97 Å². The molecule has 7 nitrogen and oxygen atoms in total. The van der Waals surface area contributed by atoms with Gasteiger partial charge in [0, 0.05) is 5.69 Å². The van der Waals surface area contributed by atoms with Gasteiger partial charge in [-0.15, -0.1) is 0 Å². The van der Waals surface area contributed by atoms with Gasteiger partial charge in [0.1, 0.15) is 11.9 Å². The van der Waals surface area contributed by atoms with Gasteiger partial charge in [-0.1, -0.05) is 11.6 Å².